The van der Waals surface area contributed by atoms with E-state index in [0.717, 1.165) is 12.1 Å². The molecule has 0 bridgehead atoms. The van der Waals surface area contributed by atoms with E-state index in [1.807, 2.05) is 4.98 Å². The van der Waals surface area contributed by atoms with Crippen LogP contribution in [-0.4, -0.2) is 24.5 Å². The number of carboxylic acids is 1. The minimum absolute atomic E-state index is 0.633. The summed E-state index contributed by atoms with van der Waals surface area (Å²) in [7, 11) is 0.773. The second kappa shape index (κ2) is 3.43. The van der Waals surface area contributed by atoms with Crippen molar-refractivity contribution in [3.05, 3.63) is 28.2 Å². The number of hydrogen-bond donors (Lipinski definition) is 2. The van der Waals surface area contributed by atoms with Gasteiger partial charge in [0.25, 0.3) is 9.05 Å². The Morgan fingerprint density at radius 3 is 2.43 bits per heavy atom. The van der Waals surface area contributed by atoms with Crippen molar-refractivity contribution in [3.8, 4) is 0 Å². The van der Waals surface area contributed by atoms with Crippen molar-refractivity contribution in [2.24, 2.45) is 0 Å². The van der Waals surface area contributed by atoms with Gasteiger partial charge in [-0.25, -0.2) is 13.2 Å². The van der Waals surface area contributed by atoms with Crippen LogP contribution in [0.25, 0.3) is 0 Å². The number of H-pyrrole nitrogens is 1. The van der Waals surface area contributed by atoms with Crippen LogP contribution < -0.4 is 5.56 Å². The van der Waals surface area contributed by atoms with Crippen LogP contribution in [0.15, 0.2) is 21.8 Å². The summed E-state index contributed by atoms with van der Waals surface area (Å²) in [6.45, 7) is 0. The molecule has 0 radical (unpaired) electrons. The number of hydrogen-bond acceptors (Lipinski definition) is 4. The van der Waals surface area contributed by atoms with Crippen molar-refractivity contribution in [3.63, 3.8) is 0 Å². The van der Waals surface area contributed by atoms with Crippen LogP contribution in [0, 0.1) is 0 Å². The van der Waals surface area contributed by atoms with Gasteiger partial charge < -0.3 is 10.1 Å². The third-order valence-electron chi connectivity index (χ3n) is 1.36. The molecule has 0 fully saturated rings. The van der Waals surface area contributed by atoms with E-state index >= 15 is 0 Å². The second-order valence-corrected chi connectivity index (χ2v) is 4.84. The fourth-order valence-electron chi connectivity index (χ4n) is 0.823. The molecule has 8 heteroatoms. The van der Waals surface area contributed by atoms with Gasteiger partial charge in [0, 0.05) is 16.7 Å². The van der Waals surface area contributed by atoms with Crippen LogP contribution in [0.1, 0.15) is 10.5 Å². The van der Waals surface area contributed by atoms with Crippen LogP contribution in [0.2, 0.25) is 0 Å². The number of carbonyl (C=O) groups is 1. The summed E-state index contributed by atoms with van der Waals surface area (Å²) >= 11 is 0. The van der Waals surface area contributed by atoms with Crippen LogP contribution in [-0.2, 0) is 9.05 Å². The second-order valence-electron chi connectivity index (χ2n) is 2.30. The first-order valence-corrected chi connectivity index (χ1v) is 5.54. The van der Waals surface area contributed by atoms with Gasteiger partial charge in [-0.3, -0.25) is 4.79 Å². The highest BCUT2D eigenvalue weighted by Gasteiger charge is 2.20. The maximum atomic E-state index is 10.8. The van der Waals surface area contributed by atoms with Gasteiger partial charge in [0.1, 0.15) is 10.6 Å². The van der Waals surface area contributed by atoms with E-state index in [9.17, 15) is 18.0 Å². The topological polar surface area (TPSA) is 104 Å². The number of aromatic amines is 1. The molecule has 0 saturated heterocycles. The van der Waals surface area contributed by atoms with Gasteiger partial charge in [0.2, 0.25) is 5.56 Å². The molecule has 76 valence electrons. The molecule has 1 aromatic heterocycles. The molecule has 0 atom stereocenters. The highest BCUT2D eigenvalue weighted by Crippen LogP contribution is 2.16. The lowest BCUT2D eigenvalue weighted by Crippen LogP contribution is -2.15. The summed E-state index contributed by atoms with van der Waals surface area (Å²) < 4.78 is 21.7. The maximum absolute atomic E-state index is 10.8. The van der Waals surface area contributed by atoms with E-state index in [4.69, 9.17) is 15.8 Å². The Hall–Kier alpha value is -1.34. The van der Waals surface area contributed by atoms with Crippen molar-refractivity contribution < 1.29 is 18.3 Å². The number of nitrogens with one attached hydrogen (secondary N) is 1. The molecule has 0 spiro atoms. The van der Waals surface area contributed by atoms with Gasteiger partial charge in [-0.1, -0.05) is 0 Å². The Balaban J connectivity index is 3.61. The first-order valence-electron chi connectivity index (χ1n) is 3.23. The highest BCUT2D eigenvalue weighted by atomic mass is 35.7. The Labute approximate surface area is 82.6 Å². The Morgan fingerprint density at radius 1 is 1.43 bits per heavy atom. The zero-order valence-electron chi connectivity index (χ0n) is 6.52. The first kappa shape index (κ1) is 10.7. The molecule has 6 nitrogen and oxygen atoms in total. The molecule has 14 heavy (non-hydrogen) atoms. The minimum atomic E-state index is -4.17. The van der Waals surface area contributed by atoms with Crippen LogP contribution >= 0.6 is 10.7 Å². The highest BCUT2D eigenvalue weighted by molar-refractivity contribution is 8.13. The van der Waals surface area contributed by atoms with Gasteiger partial charge in [-0.15, -0.1) is 0 Å². The lowest BCUT2D eigenvalue weighted by atomic mass is 10.3. The standard InChI is InChI=1S/C6H4ClNO5S/c7-14(12,13)3-1-2-4(9)8-5(3)6(10)11/h1-2H,(H,8,9)(H,10,11). The molecule has 0 amide bonds. The lowest BCUT2D eigenvalue weighted by molar-refractivity contribution is 0.0685. The zero-order chi connectivity index (χ0) is 10.9. The molecule has 0 saturated carbocycles. The third kappa shape index (κ3) is 2.12. The number of pyridine rings is 1. The number of carboxylic acid groups (broad SMARTS) is 1. The predicted octanol–water partition coefficient (Wildman–Crippen LogP) is 0.000600. The Kier molecular flexibility index (Phi) is 2.63. The predicted molar refractivity (Wildman–Crippen MR) is 47.1 cm³/mol. The van der Waals surface area contributed by atoms with Crippen LogP contribution in [0.5, 0.6) is 0 Å². The number of aromatic nitrogens is 1. The van der Waals surface area contributed by atoms with Gasteiger partial charge in [0.05, 0.1) is 0 Å². The molecule has 0 aliphatic heterocycles. The average Bonchev–Trinajstić information content (AvgIpc) is 2.01. The van der Waals surface area contributed by atoms with Crippen molar-refractivity contribution in [2.45, 2.75) is 4.90 Å². The van der Waals surface area contributed by atoms with Crippen LogP contribution in [0.3, 0.4) is 0 Å². The normalized spacial score (nSPS) is 11.2. The van der Waals surface area contributed by atoms with E-state index in [0.29, 0.717) is 0 Å². The van der Waals surface area contributed by atoms with E-state index in [1.54, 1.807) is 0 Å². The van der Waals surface area contributed by atoms with E-state index < -0.39 is 31.2 Å². The molecular formula is C6H4ClNO5S. The summed E-state index contributed by atoms with van der Waals surface area (Å²) in [5.41, 5.74) is -1.46. The molecule has 0 aromatic carbocycles. The molecule has 2 N–H and O–H groups in total. The van der Waals surface area contributed by atoms with Gasteiger partial charge in [-0.05, 0) is 6.07 Å². The van der Waals surface area contributed by atoms with Crippen LogP contribution in [0.4, 0.5) is 0 Å². The number of rotatable bonds is 2. The van der Waals surface area contributed by atoms with Gasteiger partial charge in [-0.2, -0.15) is 0 Å². The maximum Gasteiger partial charge on any atom is 0.353 e. The fourth-order valence-corrected chi connectivity index (χ4v) is 1.82. The van der Waals surface area contributed by atoms with Crippen molar-refractivity contribution >= 4 is 25.7 Å². The molecule has 0 aliphatic rings. The number of aromatic carboxylic acids is 1. The van der Waals surface area contributed by atoms with E-state index in [2.05, 4.69) is 0 Å². The number of halogens is 1. The Bertz CT molecular complexity index is 531. The molecule has 0 unspecified atom stereocenters. The summed E-state index contributed by atoms with van der Waals surface area (Å²) in [5.74, 6) is -1.57. The smallest absolute Gasteiger partial charge is 0.353 e. The minimum Gasteiger partial charge on any atom is -0.477 e. The largest absolute Gasteiger partial charge is 0.477 e. The monoisotopic (exact) mass is 237 g/mol. The van der Waals surface area contributed by atoms with E-state index in [-0.39, 0.29) is 0 Å². The zero-order valence-corrected chi connectivity index (χ0v) is 8.09. The summed E-state index contributed by atoms with van der Waals surface area (Å²) in [5, 5.41) is 8.56. The summed E-state index contributed by atoms with van der Waals surface area (Å²) in [6.07, 6.45) is 0. The molecular weight excluding hydrogens is 234 g/mol. The molecule has 1 rings (SSSR count). The SMILES string of the molecule is O=C(O)c1[nH]c(=O)ccc1S(=O)(=O)Cl. The van der Waals surface area contributed by atoms with Crippen molar-refractivity contribution in [2.75, 3.05) is 0 Å². The quantitative estimate of drug-likeness (QED) is 0.705. The first-order chi connectivity index (χ1) is 6.32. The third-order valence-corrected chi connectivity index (χ3v) is 2.72. The van der Waals surface area contributed by atoms with Gasteiger partial charge in [0.15, 0.2) is 0 Å². The molecule has 1 aromatic rings. The molecule has 0 aliphatic carbocycles. The summed E-state index contributed by atoms with van der Waals surface area (Å²) in [6, 6.07) is 1.71. The average molecular weight is 238 g/mol. The van der Waals surface area contributed by atoms with Gasteiger partial charge >= 0.3 is 5.97 Å². The summed E-state index contributed by atoms with van der Waals surface area (Å²) in [4.78, 5) is 22.5. The lowest BCUT2D eigenvalue weighted by Gasteiger charge is -2.00. The van der Waals surface area contributed by atoms with E-state index in [1.165, 1.54) is 0 Å². The Morgan fingerprint density at radius 2 is 2.00 bits per heavy atom. The van der Waals surface area contributed by atoms with Crippen molar-refractivity contribution in [1.29, 1.82) is 0 Å². The fraction of sp³-hybridized carbons (Fsp3) is 0. The molecule has 1 heterocycles. The van der Waals surface area contributed by atoms with Crippen molar-refractivity contribution in [1.82, 2.24) is 4.98 Å².